The van der Waals surface area contributed by atoms with Crippen LogP contribution >= 0.6 is 0 Å². The zero-order valence-electron chi connectivity index (χ0n) is 26.9. The second kappa shape index (κ2) is 14.2. The first-order valence-electron chi connectivity index (χ1n) is 15.2. The van der Waals surface area contributed by atoms with Crippen LogP contribution in [0.2, 0.25) is 17.3 Å². The SMILES string of the molecule is CC(C)c1cc(-c2[c-]cccc2)nc[c]1[Ge]([CH3])([CH3])[CH3].Cc1ccnc(-c2[c-]cnc3c2oc2nccc(-c4ccccc4)c23)c1.[Ir]. The minimum atomic E-state index is -1.85. The van der Waals surface area contributed by atoms with Crippen LogP contribution in [0.15, 0.2) is 108 Å². The predicted octanol–water partition coefficient (Wildman–Crippen LogP) is 9.43. The van der Waals surface area contributed by atoms with Crippen LogP contribution in [0.5, 0.6) is 0 Å². The first kappa shape index (κ1) is 33.4. The normalized spacial score (nSPS) is 11.3. The summed E-state index contributed by atoms with van der Waals surface area (Å²) in [5.41, 5.74) is 10.5. The molecule has 0 bridgehead atoms. The maximum atomic E-state index is 6.10. The molecule has 0 atom stereocenters. The van der Waals surface area contributed by atoms with Crippen LogP contribution in [0.4, 0.5) is 0 Å². The van der Waals surface area contributed by atoms with E-state index < -0.39 is 13.3 Å². The molecule has 0 spiro atoms. The molecule has 7 heteroatoms. The molecule has 0 saturated heterocycles. The van der Waals surface area contributed by atoms with Crippen molar-refractivity contribution >= 4 is 39.9 Å². The van der Waals surface area contributed by atoms with Crippen LogP contribution in [-0.2, 0) is 20.1 Å². The standard InChI is InChI=1S/C22H14N3O.C17H22GeN.Ir/c1-14-7-10-23-18(13-14)17-9-11-24-20-19-16(15-5-3-2-4-6-15)8-12-25-22(19)26-21(17)20;1-13(2)15-11-17(14-9-7-6-8-10-14)19-12-16(15)18(3,4)5;/h2-8,10-13H,1H3;6-9,11-13H,1-5H3;/q2*-1;. The summed E-state index contributed by atoms with van der Waals surface area (Å²) in [7, 11) is 0. The van der Waals surface area contributed by atoms with Crippen LogP contribution in [0, 0.1) is 19.1 Å². The fourth-order valence-electron chi connectivity index (χ4n) is 5.52. The van der Waals surface area contributed by atoms with Crippen molar-refractivity contribution in [1.82, 2.24) is 19.9 Å². The van der Waals surface area contributed by atoms with Gasteiger partial charge in [0.25, 0.3) is 0 Å². The number of hydrogen-bond acceptors (Lipinski definition) is 5. The molecule has 0 aliphatic heterocycles. The molecule has 5 nitrogen and oxygen atoms in total. The average molecular weight is 842 g/mol. The van der Waals surface area contributed by atoms with Gasteiger partial charge in [0.05, 0.1) is 16.5 Å². The van der Waals surface area contributed by atoms with Gasteiger partial charge in [-0.15, -0.1) is 5.56 Å². The fourth-order valence-corrected chi connectivity index (χ4v) is 9.05. The molecule has 0 aliphatic carbocycles. The second-order valence-corrected chi connectivity index (χ2v) is 23.1. The van der Waals surface area contributed by atoms with Gasteiger partial charge in [0.2, 0.25) is 5.71 Å². The third-order valence-electron chi connectivity index (χ3n) is 7.80. The molecule has 5 aromatic heterocycles. The number of benzene rings is 2. The summed E-state index contributed by atoms with van der Waals surface area (Å²) in [6, 6.07) is 32.9. The maximum Gasteiger partial charge on any atom is 0.215 e. The van der Waals surface area contributed by atoms with Crippen molar-refractivity contribution < 1.29 is 24.5 Å². The summed E-state index contributed by atoms with van der Waals surface area (Å²) in [6.07, 6.45) is 7.35. The van der Waals surface area contributed by atoms with Gasteiger partial charge in [-0.3, -0.25) is 4.98 Å². The minimum absolute atomic E-state index is 0. The number of nitrogens with zero attached hydrogens (tertiary/aromatic N) is 4. The summed E-state index contributed by atoms with van der Waals surface area (Å²) in [6.45, 7) is 6.58. The molecule has 0 amide bonds. The van der Waals surface area contributed by atoms with Crippen LogP contribution in [0.1, 0.15) is 30.9 Å². The molecular weight excluding hydrogens is 805 g/mol. The van der Waals surface area contributed by atoms with Crippen molar-refractivity contribution in [3.8, 4) is 33.6 Å². The second-order valence-electron chi connectivity index (χ2n) is 12.5. The molecule has 7 aromatic rings. The van der Waals surface area contributed by atoms with E-state index in [0.717, 1.165) is 50.1 Å². The molecule has 0 fully saturated rings. The third kappa shape index (κ3) is 7.05. The van der Waals surface area contributed by atoms with Crippen LogP contribution in [0.25, 0.3) is 55.8 Å². The Morgan fingerprint density at radius 1 is 0.783 bits per heavy atom. The number of pyridine rings is 4. The largest absolute Gasteiger partial charge is 0.499 e. The molecule has 46 heavy (non-hydrogen) atoms. The number of aromatic nitrogens is 4. The Hall–Kier alpha value is -3.97. The summed E-state index contributed by atoms with van der Waals surface area (Å²) >= 11 is -1.85. The Morgan fingerprint density at radius 2 is 1.54 bits per heavy atom. The van der Waals surface area contributed by atoms with Crippen molar-refractivity contribution in [3.63, 3.8) is 0 Å². The monoisotopic (exact) mass is 843 g/mol. The van der Waals surface area contributed by atoms with Gasteiger partial charge < -0.3 is 9.40 Å². The summed E-state index contributed by atoms with van der Waals surface area (Å²) in [4.78, 5) is 18.1. The average Bonchev–Trinajstić information content (AvgIpc) is 3.44. The van der Waals surface area contributed by atoms with Crippen LogP contribution in [0.3, 0.4) is 0 Å². The zero-order chi connectivity index (χ0) is 31.6. The molecule has 1 radical (unpaired) electrons. The number of furan rings is 1. The molecule has 0 unspecified atom stereocenters. The van der Waals surface area contributed by atoms with E-state index in [2.05, 4.69) is 93.6 Å². The van der Waals surface area contributed by atoms with E-state index in [4.69, 9.17) is 4.42 Å². The van der Waals surface area contributed by atoms with Crippen molar-refractivity contribution in [1.29, 1.82) is 0 Å². The van der Waals surface area contributed by atoms with Gasteiger partial charge in [-0.25, -0.2) is 4.98 Å². The zero-order valence-corrected chi connectivity index (χ0v) is 31.4. The molecule has 233 valence electrons. The number of rotatable bonds is 5. The summed E-state index contributed by atoms with van der Waals surface area (Å²) < 4.78 is 7.62. The molecule has 7 rings (SSSR count). The van der Waals surface area contributed by atoms with Gasteiger partial charge in [0.15, 0.2) is 0 Å². The van der Waals surface area contributed by atoms with E-state index in [-0.39, 0.29) is 20.1 Å². The van der Waals surface area contributed by atoms with E-state index in [0.29, 0.717) is 17.2 Å². The van der Waals surface area contributed by atoms with E-state index in [1.165, 1.54) is 9.96 Å². The first-order chi connectivity index (χ1) is 21.7. The summed E-state index contributed by atoms with van der Waals surface area (Å²) in [5.74, 6) is 7.83. The quantitative estimate of drug-likeness (QED) is 0.128. The first-order valence-corrected chi connectivity index (χ1v) is 22.6. The van der Waals surface area contributed by atoms with Gasteiger partial charge in [-0.1, -0.05) is 42.0 Å². The Kier molecular flexibility index (Phi) is 10.3. The van der Waals surface area contributed by atoms with Gasteiger partial charge in [-0.05, 0) is 42.1 Å². The van der Waals surface area contributed by atoms with Crippen LogP contribution < -0.4 is 4.40 Å². The Morgan fingerprint density at radius 3 is 2.24 bits per heavy atom. The van der Waals surface area contributed by atoms with Gasteiger partial charge in [0, 0.05) is 32.5 Å². The Balaban J connectivity index is 0.000000187. The van der Waals surface area contributed by atoms with Gasteiger partial charge >= 0.3 is 119 Å². The molecular formula is C39H36GeIrN4O-2. The van der Waals surface area contributed by atoms with Crippen LogP contribution in [-0.4, -0.2) is 33.2 Å². The van der Waals surface area contributed by atoms with E-state index >= 15 is 0 Å². The fraction of sp³-hybridized carbons (Fsp3) is 0.179. The summed E-state index contributed by atoms with van der Waals surface area (Å²) in [5, 5.41) is 0.914. The molecule has 0 aliphatic rings. The molecule has 0 N–H and O–H groups in total. The van der Waals surface area contributed by atoms with Crippen molar-refractivity contribution in [3.05, 3.63) is 127 Å². The Bertz CT molecular complexity index is 2090. The van der Waals surface area contributed by atoms with Crippen molar-refractivity contribution in [2.75, 3.05) is 0 Å². The van der Waals surface area contributed by atoms with Crippen molar-refractivity contribution in [2.45, 2.75) is 44.0 Å². The molecule has 5 heterocycles. The topological polar surface area (TPSA) is 64.7 Å². The molecule has 2 aromatic carbocycles. The van der Waals surface area contributed by atoms with E-state index in [9.17, 15) is 0 Å². The third-order valence-corrected chi connectivity index (χ3v) is 12.1. The van der Waals surface area contributed by atoms with Gasteiger partial charge in [-0.2, -0.15) is 6.07 Å². The smallest absolute Gasteiger partial charge is 0.215 e. The number of fused-ring (bicyclic) bond motifs is 3. The minimum Gasteiger partial charge on any atom is -0.499 e. The maximum absolute atomic E-state index is 6.10. The number of aryl methyl sites for hydroxylation is 1. The number of hydrogen-bond donors (Lipinski definition) is 0. The molecule has 0 saturated carbocycles. The Labute approximate surface area is 287 Å². The van der Waals surface area contributed by atoms with Crippen molar-refractivity contribution in [2.24, 2.45) is 0 Å². The van der Waals surface area contributed by atoms with Gasteiger partial charge in [0.1, 0.15) is 0 Å². The van der Waals surface area contributed by atoms with E-state index in [1.807, 2.05) is 61.5 Å². The van der Waals surface area contributed by atoms with E-state index in [1.54, 1.807) is 18.6 Å². The predicted molar refractivity (Wildman–Crippen MR) is 187 cm³/mol.